The number of fused-ring (bicyclic) bond motifs is 3. The molecule has 1 aromatic carbocycles. The van der Waals surface area contributed by atoms with Gasteiger partial charge in [-0.15, -0.1) is 0 Å². The van der Waals surface area contributed by atoms with Crippen molar-refractivity contribution in [2.24, 2.45) is 7.05 Å². The fraction of sp³-hybridized carbons (Fsp3) is 0.533. The monoisotopic (exact) mass is 257 g/mol. The van der Waals surface area contributed by atoms with E-state index in [1.165, 1.54) is 24.0 Å². The number of anilines is 1. The van der Waals surface area contributed by atoms with Crippen LogP contribution >= 0.6 is 0 Å². The molecule has 0 aliphatic carbocycles. The Kier molecular flexibility index (Phi) is 2.36. The number of aliphatic hydroxyl groups is 1. The van der Waals surface area contributed by atoms with Gasteiger partial charge in [0.15, 0.2) is 0 Å². The fourth-order valence-corrected chi connectivity index (χ4v) is 3.89. The van der Waals surface area contributed by atoms with Gasteiger partial charge in [0.05, 0.1) is 23.6 Å². The Hall–Kier alpha value is -1.55. The van der Waals surface area contributed by atoms with E-state index in [1.54, 1.807) is 0 Å². The molecule has 3 heterocycles. The van der Waals surface area contributed by atoms with Gasteiger partial charge in [-0.25, -0.2) is 4.98 Å². The molecule has 2 aliphatic heterocycles. The van der Waals surface area contributed by atoms with Crippen molar-refractivity contribution < 1.29 is 5.11 Å². The van der Waals surface area contributed by atoms with Crippen LogP contribution in [0.5, 0.6) is 0 Å². The minimum Gasteiger partial charge on any atom is -0.393 e. The van der Waals surface area contributed by atoms with E-state index in [1.807, 2.05) is 13.4 Å². The molecule has 4 nitrogen and oxygen atoms in total. The SMILES string of the molecule is Cn1cnc2c(N3[C@@H]4CC[C@H]3CC(O)C4)cccc21. The minimum atomic E-state index is -0.114. The molecule has 2 saturated heterocycles. The first-order chi connectivity index (χ1) is 9.24. The van der Waals surface area contributed by atoms with E-state index in [0.717, 1.165) is 18.4 Å². The van der Waals surface area contributed by atoms with E-state index in [9.17, 15) is 5.11 Å². The average Bonchev–Trinajstić information content (AvgIpc) is 2.89. The standard InChI is InChI=1S/C15H19N3O/c1-17-9-16-15-13(17)3-2-4-14(15)18-10-5-6-11(18)8-12(19)7-10/h2-4,9-12,19H,5-8H2,1H3/t10-,11+,12?. The summed E-state index contributed by atoms with van der Waals surface area (Å²) in [6.45, 7) is 0. The summed E-state index contributed by atoms with van der Waals surface area (Å²) in [5.41, 5.74) is 3.53. The van der Waals surface area contributed by atoms with Crippen LogP contribution in [0, 0.1) is 0 Å². The van der Waals surface area contributed by atoms with Crippen molar-refractivity contribution in [3.63, 3.8) is 0 Å². The molecule has 0 amide bonds. The molecule has 19 heavy (non-hydrogen) atoms. The molecular weight excluding hydrogens is 238 g/mol. The third kappa shape index (κ3) is 1.59. The second-order valence-electron chi connectivity index (χ2n) is 5.92. The predicted molar refractivity (Wildman–Crippen MR) is 75.2 cm³/mol. The Bertz CT molecular complexity index is 607. The highest BCUT2D eigenvalue weighted by Crippen LogP contribution is 2.41. The number of aliphatic hydroxyl groups excluding tert-OH is 1. The Labute approximate surface area is 112 Å². The number of nitrogens with zero attached hydrogens (tertiary/aromatic N) is 3. The van der Waals surface area contributed by atoms with Gasteiger partial charge in [-0.2, -0.15) is 0 Å². The second kappa shape index (κ2) is 3.97. The summed E-state index contributed by atoms with van der Waals surface area (Å²) in [7, 11) is 2.04. The second-order valence-corrected chi connectivity index (χ2v) is 5.92. The van der Waals surface area contributed by atoms with Crippen molar-refractivity contribution in [2.75, 3.05) is 4.90 Å². The highest BCUT2D eigenvalue weighted by atomic mass is 16.3. The van der Waals surface area contributed by atoms with Crippen LogP contribution in [0.25, 0.3) is 11.0 Å². The first kappa shape index (κ1) is 11.3. The quantitative estimate of drug-likeness (QED) is 0.850. The molecule has 4 rings (SSSR count). The zero-order valence-electron chi connectivity index (χ0n) is 11.2. The lowest BCUT2D eigenvalue weighted by atomic mass is 9.99. The summed E-state index contributed by atoms with van der Waals surface area (Å²) in [4.78, 5) is 7.08. The minimum absolute atomic E-state index is 0.114. The maximum atomic E-state index is 9.93. The molecule has 2 fully saturated rings. The Morgan fingerprint density at radius 2 is 1.95 bits per heavy atom. The van der Waals surface area contributed by atoms with Crippen LogP contribution in [0.2, 0.25) is 0 Å². The number of imidazole rings is 1. The van der Waals surface area contributed by atoms with Crippen molar-refractivity contribution >= 4 is 16.7 Å². The first-order valence-corrected chi connectivity index (χ1v) is 7.10. The number of hydrogen-bond donors (Lipinski definition) is 1. The van der Waals surface area contributed by atoms with Gasteiger partial charge < -0.3 is 14.6 Å². The van der Waals surface area contributed by atoms with Crippen molar-refractivity contribution in [1.29, 1.82) is 0 Å². The van der Waals surface area contributed by atoms with Gasteiger partial charge >= 0.3 is 0 Å². The van der Waals surface area contributed by atoms with E-state index in [0.29, 0.717) is 12.1 Å². The lowest BCUT2D eigenvalue weighted by Crippen LogP contribution is -2.44. The Morgan fingerprint density at radius 1 is 1.21 bits per heavy atom. The van der Waals surface area contributed by atoms with Gasteiger partial charge in [-0.05, 0) is 37.8 Å². The molecule has 3 atom stereocenters. The average molecular weight is 257 g/mol. The number of aryl methyl sites for hydroxylation is 1. The molecule has 2 aromatic rings. The molecule has 2 bridgehead atoms. The van der Waals surface area contributed by atoms with E-state index in [-0.39, 0.29) is 6.10 Å². The predicted octanol–water partition coefficient (Wildman–Crippen LogP) is 2.07. The Morgan fingerprint density at radius 3 is 2.68 bits per heavy atom. The van der Waals surface area contributed by atoms with Crippen molar-refractivity contribution in [3.05, 3.63) is 24.5 Å². The molecule has 0 radical (unpaired) electrons. The number of aromatic nitrogens is 2. The highest BCUT2D eigenvalue weighted by molar-refractivity contribution is 5.89. The molecule has 2 aliphatic rings. The van der Waals surface area contributed by atoms with Gasteiger partial charge in [-0.3, -0.25) is 0 Å². The Balaban J connectivity index is 1.83. The van der Waals surface area contributed by atoms with Gasteiger partial charge in [0.1, 0.15) is 5.52 Å². The van der Waals surface area contributed by atoms with E-state index >= 15 is 0 Å². The summed E-state index contributed by atoms with van der Waals surface area (Å²) in [6.07, 6.45) is 5.97. The molecule has 4 heteroatoms. The molecule has 0 spiro atoms. The summed E-state index contributed by atoms with van der Waals surface area (Å²) in [5, 5.41) is 9.93. The maximum absolute atomic E-state index is 9.93. The largest absolute Gasteiger partial charge is 0.393 e. The number of benzene rings is 1. The number of hydrogen-bond acceptors (Lipinski definition) is 3. The van der Waals surface area contributed by atoms with Crippen molar-refractivity contribution in [2.45, 2.75) is 43.9 Å². The van der Waals surface area contributed by atoms with Gasteiger partial charge in [0.25, 0.3) is 0 Å². The van der Waals surface area contributed by atoms with Gasteiger partial charge in [0, 0.05) is 19.1 Å². The summed E-state index contributed by atoms with van der Waals surface area (Å²) in [6, 6.07) is 7.39. The number of rotatable bonds is 1. The number of para-hydroxylation sites is 1. The lowest BCUT2D eigenvalue weighted by Gasteiger charge is -2.39. The number of piperidine rings is 1. The first-order valence-electron chi connectivity index (χ1n) is 7.10. The lowest BCUT2D eigenvalue weighted by molar-refractivity contribution is 0.126. The van der Waals surface area contributed by atoms with Crippen molar-refractivity contribution in [3.8, 4) is 0 Å². The molecule has 1 unspecified atom stereocenters. The topological polar surface area (TPSA) is 41.3 Å². The third-order valence-corrected chi connectivity index (χ3v) is 4.72. The van der Waals surface area contributed by atoms with Crippen LogP contribution in [0.3, 0.4) is 0 Å². The van der Waals surface area contributed by atoms with E-state index in [2.05, 4.69) is 32.7 Å². The zero-order chi connectivity index (χ0) is 13.0. The van der Waals surface area contributed by atoms with Crippen LogP contribution < -0.4 is 4.90 Å². The zero-order valence-corrected chi connectivity index (χ0v) is 11.2. The molecule has 1 aromatic heterocycles. The van der Waals surface area contributed by atoms with E-state index < -0.39 is 0 Å². The van der Waals surface area contributed by atoms with Gasteiger partial charge in [0.2, 0.25) is 0 Å². The maximum Gasteiger partial charge on any atom is 0.112 e. The van der Waals surface area contributed by atoms with Crippen LogP contribution in [0.15, 0.2) is 24.5 Å². The normalized spacial score (nSPS) is 30.2. The molecule has 1 N–H and O–H groups in total. The third-order valence-electron chi connectivity index (χ3n) is 4.72. The molecular formula is C15H19N3O. The summed E-state index contributed by atoms with van der Waals surface area (Å²) < 4.78 is 2.07. The van der Waals surface area contributed by atoms with Crippen molar-refractivity contribution in [1.82, 2.24) is 9.55 Å². The van der Waals surface area contributed by atoms with Crippen LogP contribution in [0.4, 0.5) is 5.69 Å². The van der Waals surface area contributed by atoms with Crippen LogP contribution in [-0.2, 0) is 7.05 Å². The van der Waals surface area contributed by atoms with Crippen LogP contribution in [0.1, 0.15) is 25.7 Å². The van der Waals surface area contributed by atoms with E-state index in [4.69, 9.17) is 0 Å². The summed E-state index contributed by atoms with van der Waals surface area (Å²) in [5.74, 6) is 0. The van der Waals surface area contributed by atoms with Gasteiger partial charge in [-0.1, -0.05) is 6.07 Å². The summed E-state index contributed by atoms with van der Waals surface area (Å²) >= 11 is 0. The fourth-order valence-electron chi connectivity index (χ4n) is 3.89. The highest BCUT2D eigenvalue weighted by Gasteiger charge is 2.40. The smallest absolute Gasteiger partial charge is 0.112 e. The van der Waals surface area contributed by atoms with Crippen LogP contribution in [-0.4, -0.2) is 32.8 Å². The molecule has 0 saturated carbocycles. The molecule has 100 valence electrons.